The van der Waals surface area contributed by atoms with Gasteiger partial charge in [-0.05, 0) is 49.9 Å². The van der Waals surface area contributed by atoms with Gasteiger partial charge < -0.3 is 0 Å². The van der Waals surface area contributed by atoms with Gasteiger partial charge in [-0.25, -0.2) is 0 Å². The molecule has 0 spiro atoms. The van der Waals surface area contributed by atoms with Crippen molar-refractivity contribution in [3.63, 3.8) is 0 Å². The number of benzene rings is 2. The Kier molecular flexibility index (Phi) is 3.65. The predicted octanol–water partition coefficient (Wildman–Crippen LogP) is 4.11. The highest BCUT2D eigenvalue weighted by Crippen LogP contribution is 2.30. The van der Waals surface area contributed by atoms with E-state index in [1.807, 2.05) is 50.2 Å². The third-order valence-corrected chi connectivity index (χ3v) is 3.50. The molecule has 2 aromatic carbocycles. The van der Waals surface area contributed by atoms with Crippen molar-refractivity contribution < 1.29 is 4.92 Å². The minimum Gasteiger partial charge on any atom is -0.258 e. The Morgan fingerprint density at radius 2 is 1.68 bits per heavy atom. The summed E-state index contributed by atoms with van der Waals surface area (Å²) in [5.41, 5.74) is 5.11. The van der Waals surface area contributed by atoms with Gasteiger partial charge in [0.2, 0.25) is 0 Å². The summed E-state index contributed by atoms with van der Waals surface area (Å²) in [5, 5.41) is 11.2. The first-order valence-electron chi connectivity index (χ1n) is 6.28. The van der Waals surface area contributed by atoms with Gasteiger partial charge in [0.05, 0.1) is 4.92 Å². The van der Waals surface area contributed by atoms with Gasteiger partial charge in [0.1, 0.15) is 0 Å². The smallest absolute Gasteiger partial charge is 0.258 e. The molecule has 0 bridgehead atoms. The summed E-state index contributed by atoms with van der Waals surface area (Å²) in [6.07, 6.45) is 0.736. The van der Waals surface area contributed by atoms with Crippen molar-refractivity contribution in [3.8, 4) is 0 Å². The van der Waals surface area contributed by atoms with Crippen molar-refractivity contribution in [1.29, 1.82) is 0 Å². The lowest BCUT2D eigenvalue weighted by molar-refractivity contribution is -0.386. The highest BCUT2D eigenvalue weighted by Gasteiger charge is 2.19. The molecule has 0 amide bonds. The van der Waals surface area contributed by atoms with Crippen molar-refractivity contribution in [1.82, 2.24) is 0 Å². The van der Waals surface area contributed by atoms with Crippen LogP contribution in [0.5, 0.6) is 0 Å². The molecule has 0 atom stereocenters. The number of hydrogen-bond donors (Lipinski definition) is 0. The van der Waals surface area contributed by atoms with E-state index < -0.39 is 0 Å². The molecule has 0 N–H and O–H groups in total. The highest BCUT2D eigenvalue weighted by molar-refractivity contribution is 5.55. The van der Waals surface area contributed by atoms with Gasteiger partial charge in [-0.2, -0.15) is 0 Å². The van der Waals surface area contributed by atoms with Gasteiger partial charge in [-0.3, -0.25) is 10.1 Å². The Bertz CT molecular complexity index is 618. The lowest BCUT2D eigenvalue weighted by Gasteiger charge is -2.12. The molecule has 0 heterocycles. The first-order valence-corrected chi connectivity index (χ1v) is 6.28. The van der Waals surface area contributed by atoms with E-state index in [-0.39, 0.29) is 10.6 Å². The quantitative estimate of drug-likeness (QED) is 0.612. The molecule has 0 aliphatic heterocycles. The Morgan fingerprint density at radius 3 is 2.26 bits per heavy atom. The summed E-state index contributed by atoms with van der Waals surface area (Å²) in [4.78, 5) is 10.9. The zero-order valence-corrected chi connectivity index (χ0v) is 11.4. The predicted molar refractivity (Wildman–Crippen MR) is 76.6 cm³/mol. The average Bonchev–Trinajstić information content (AvgIpc) is 2.35. The van der Waals surface area contributed by atoms with E-state index in [0.717, 1.165) is 28.7 Å². The molecule has 0 unspecified atom stereocenters. The summed E-state index contributed by atoms with van der Waals surface area (Å²) in [6, 6.07) is 11.9. The largest absolute Gasteiger partial charge is 0.275 e. The van der Waals surface area contributed by atoms with E-state index in [1.54, 1.807) is 6.92 Å². The van der Waals surface area contributed by atoms with E-state index in [0.29, 0.717) is 0 Å². The van der Waals surface area contributed by atoms with E-state index in [2.05, 4.69) is 0 Å². The van der Waals surface area contributed by atoms with Gasteiger partial charge in [-0.15, -0.1) is 0 Å². The zero-order valence-electron chi connectivity index (χ0n) is 11.4. The second-order valence-corrected chi connectivity index (χ2v) is 4.88. The van der Waals surface area contributed by atoms with Crippen molar-refractivity contribution in [2.45, 2.75) is 27.2 Å². The SMILES string of the molecule is Cc1cc(C)c([N+](=O)[O-])c(C)c1Cc1ccccc1. The van der Waals surface area contributed by atoms with Gasteiger partial charge in [-0.1, -0.05) is 30.3 Å². The molecule has 3 heteroatoms. The van der Waals surface area contributed by atoms with Crippen LogP contribution in [0.15, 0.2) is 36.4 Å². The lowest BCUT2D eigenvalue weighted by atomic mass is 9.92. The number of aryl methyl sites for hydroxylation is 2. The molecule has 98 valence electrons. The molecule has 0 saturated heterocycles. The van der Waals surface area contributed by atoms with E-state index in [1.165, 1.54) is 5.56 Å². The van der Waals surface area contributed by atoms with Crippen LogP contribution < -0.4 is 0 Å². The van der Waals surface area contributed by atoms with Crippen LogP contribution in [0.25, 0.3) is 0 Å². The lowest BCUT2D eigenvalue weighted by Crippen LogP contribution is -2.03. The van der Waals surface area contributed by atoms with Crippen molar-refractivity contribution in [2.75, 3.05) is 0 Å². The van der Waals surface area contributed by atoms with E-state index in [4.69, 9.17) is 0 Å². The van der Waals surface area contributed by atoms with Crippen LogP contribution in [0.2, 0.25) is 0 Å². The molecular formula is C16H17NO2. The molecule has 0 fully saturated rings. The summed E-state index contributed by atoms with van der Waals surface area (Å²) in [6.45, 7) is 5.66. The van der Waals surface area contributed by atoms with E-state index >= 15 is 0 Å². The first-order chi connectivity index (χ1) is 9.00. The second-order valence-electron chi connectivity index (χ2n) is 4.88. The fourth-order valence-electron chi connectivity index (χ4n) is 2.57. The highest BCUT2D eigenvalue weighted by atomic mass is 16.6. The molecule has 0 radical (unpaired) electrons. The van der Waals surface area contributed by atoms with Crippen molar-refractivity contribution in [2.24, 2.45) is 0 Å². The summed E-state index contributed by atoms with van der Waals surface area (Å²) in [5.74, 6) is 0. The summed E-state index contributed by atoms with van der Waals surface area (Å²) >= 11 is 0. The van der Waals surface area contributed by atoms with E-state index in [9.17, 15) is 10.1 Å². The minimum absolute atomic E-state index is 0.247. The minimum atomic E-state index is -0.279. The van der Waals surface area contributed by atoms with Crippen LogP contribution in [0.3, 0.4) is 0 Å². The van der Waals surface area contributed by atoms with Crippen LogP contribution in [-0.4, -0.2) is 4.92 Å². The van der Waals surface area contributed by atoms with Crippen LogP contribution in [0.4, 0.5) is 5.69 Å². The normalized spacial score (nSPS) is 10.5. The zero-order chi connectivity index (χ0) is 14.0. The summed E-state index contributed by atoms with van der Waals surface area (Å²) < 4.78 is 0. The fourth-order valence-corrected chi connectivity index (χ4v) is 2.57. The maximum atomic E-state index is 11.2. The Morgan fingerprint density at radius 1 is 1.05 bits per heavy atom. The third-order valence-electron chi connectivity index (χ3n) is 3.50. The number of nitro benzene ring substituents is 1. The summed E-state index contributed by atoms with van der Waals surface area (Å²) in [7, 11) is 0. The Hall–Kier alpha value is -2.16. The molecular weight excluding hydrogens is 238 g/mol. The topological polar surface area (TPSA) is 43.1 Å². The maximum absolute atomic E-state index is 11.2. The van der Waals surface area contributed by atoms with Crippen LogP contribution in [0.1, 0.15) is 27.8 Å². The molecule has 2 rings (SSSR count). The number of rotatable bonds is 3. The molecule has 0 aliphatic carbocycles. The molecule has 2 aromatic rings. The standard InChI is InChI=1S/C16H17NO2/c1-11-9-12(2)16(17(18)19)13(3)15(11)10-14-7-5-4-6-8-14/h4-9H,10H2,1-3H3. The van der Waals surface area contributed by atoms with Gasteiger partial charge >= 0.3 is 0 Å². The Balaban J connectivity index is 2.52. The van der Waals surface area contributed by atoms with Crippen molar-refractivity contribution >= 4 is 5.69 Å². The monoisotopic (exact) mass is 255 g/mol. The number of hydrogen-bond acceptors (Lipinski definition) is 2. The maximum Gasteiger partial charge on any atom is 0.275 e. The van der Waals surface area contributed by atoms with Crippen molar-refractivity contribution in [3.05, 3.63) is 74.3 Å². The average molecular weight is 255 g/mol. The van der Waals surface area contributed by atoms with Gasteiger partial charge in [0.15, 0.2) is 0 Å². The molecule has 0 saturated carbocycles. The van der Waals surface area contributed by atoms with Gasteiger partial charge in [0, 0.05) is 11.1 Å². The van der Waals surface area contributed by atoms with Crippen LogP contribution in [0, 0.1) is 30.9 Å². The first kappa shape index (κ1) is 13.3. The Labute approximate surface area is 113 Å². The fraction of sp³-hybridized carbons (Fsp3) is 0.250. The molecule has 0 aliphatic rings. The number of nitrogens with zero attached hydrogens (tertiary/aromatic N) is 1. The molecule has 0 aromatic heterocycles. The van der Waals surface area contributed by atoms with Crippen LogP contribution in [-0.2, 0) is 6.42 Å². The molecule has 3 nitrogen and oxygen atoms in total. The van der Waals surface area contributed by atoms with Crippen LogP contribution >= 0.6 is 0 Å². The van der Waals surface area contributed by atoms with Gasteiger partial charge in [0.25, 0.3) is 5.69 Å². The number of nitro groups is 1. The third kappa shape index (κ3) is 2.65. The second kappa shape index (κ2) is 5.22. The molecule has 19 heavy (non-hydrogen) atoms.